The number of aryl methyl sites for hydroxylation is 2. The number of phenolic OH excluding ortho intramolecular Hbond substituents is 1. The average molecular weight is 375 g/mol. The predicted molar refractivity (Wildman–Crippen MR) is 121 cm³/mol. The van der Waals surface area contributed by atoms with Gasteiger partial charge in [0.05, 0.1) is 0 Å². The van der Waals surface area contributed by atoms with Gasteiger partial charge in [0, 0.05) is 17.0 Å². The molecule has 1 aliphatic rings. The molecule has 0 unspecified atom stereocenters. The van der Waals surface area contributed by atoms with E-state index in [-0.39, 0.29) is 11.3 Å². The molecule has 0 atom stereocenters. The second kappa shape index (κ2) is 6.95. The van der Waals surface area contributed by atoms with E-state index in [1.54, 1.807) is 0 Å². The number of phenols is 1. The van der Waals surface area contributed by atoms with Crippen LogP contribution in [0, 0.1) is 13.8 Å². The Bertz CT molecular complexity index is 985. The quantitative estimate of drug-likeness (QED) is 0.570. The third-order valence-corrected chi connectivity index (χ3v) is 6.48. The first-order valence-electron chi connectivity index (χ1n) is 10.2. The van der Waals surface area contributed by atoms with Crippen molar-refractivity contribution in [3.05, 3.63) is 74.9 Å². The van der Waals surface area contributed by atoms with Crippen molar-refractivity contribution in [2.75, 3.05) is 0 Å². The van der Waals surface area contributed by atoms with E-state index in [0.29, 0.717) is 5.75 Å². The van der Waals surface area contributed by atoms with Crippen LogP contribution < -0.4 is 0 Å². The van der Waals surface area contributed by atoms with Crippen molar-refractivity contribution in [2.24, 2.45) is 0 Å². The van der Waals surface area contributed by atoms with Gasteiger partial charge in [-0.3, -0.25) is 0 Å². The number of allylic oxidation sites excluding steroid dienone is 4. The monoisotopic (exact) mass is 374 g/mol. The molecule has 2 aromatic rings. The lowest BCUT2D eigenvalue weighted by Crippen LogP contribution is -2.12. The minimum Gasteiger partial charge on any atom is -0.507 e. The van der Waals surface area contributed by atoms with Crippen LogP contribution in [0.1, 0.15) is 76.6 Å². The zero-order chi connectivity index (χ0) is 21.0. The molecule has 0 amide bonds. The topological polar surface area (TPSA) is 20.2 Å². The number of hydrogen-bond donors (Lipinski definition) is 1. The molecule has 1 N–H and O–H groups in total. The molecule has 0 aromatic heterocycles. The Morgan fingerprint density at radius 2 is 1.29 bits per heavy atom. The molecule has 0 saturated heterocycles. The Balaban J connectivity index is 2.32. The first kappa shape index (κ1) is 20.5. The smallest absolute Gasteiger partial charge is 0.127 e. The van der Waals surface area contributed by atoms with Gasteiger partial charge in [-0.1, -0.05) is 61.7 Å². The number of rotatable bonds is 2. The summed E-state index contributed by atoms with van der Waals surface area (Å²) in [6.07, 6.45) is 0. The van der Waals surface area contributed by atoms with E-state index in [9.17, 15) is 5.11 Å². The molecule has 1 aliphatic carbocycles. The molecule has 0 bridgehead atoms. The lowest BCUT2D eigenvalue weighted by molar-refractivity contribution is 0.448. The van der Waals surface area contributed by atoms with Crippen molar-refractivity contribution in [1.29, 1.82) is 0 Å². The van der Waals surface area contributed by atoms with Crippen LogP contribution in [0.4, 0.5) is 0 Å². The molecular formula is C27H34O. The SMILES string of the molecule is CC1=C(C)C(c2cc(C)ccc2-c2cc(C)cc(C(C)(C)C)c2O)C(C)=C1C. The Morgan fingerprint density at radius 1 is 0.714 bits per heavy atom. The summed E-state index contributed by atoms with van der Waals surface area (Å²) in [7, 11) is 0. The van der Waals surface area contributed by atoms with Crippen molar-refractivity contribution in [3.8, 4) is 16.9 Å². The fourth-order valence-corrected chi connectivity index (χ4v) is 4.54. The van der Waals surface area contributed by atoms with Crippen LogP contribution in [0.3, 0.4) is 0 Å². The predicted octanol–water partition coefficient (Wildman–Crippen LogP) is 7.74. The lowest BCUT2D eigenvalue weighted by Gasteiger charge is -2.25. The molecule has 3 rings (SSSR count). The molecule has 28 heavy (non-hydrogen) atoms. The normalized spacial score (nSPS) is 15.8. The van der Waals surface area contributed by atoms with Crippen LogP contribution in [0.25, 0.3) is 11.1 Å². The van der Waals surface area contributed by atoms with Crippen LogP contribution in [0.5, 0.6) is 5.75 Å². The highest BCUT2D eigenvalue weighted by Gasteiger charge is 2.29. The fraction of sp³-hybridized carbons (Fsp3) is 0.407. The van der Waals surface area contributed by atoms with Gasteiger partial charge in [-0.05, 0) is 80.9 Å². The summed E-state index contributed by atoms with van der Waals surface area (Å²) in [6, 6.07) is 10.9. The molecular weight excluding hydrogens is 340 g/mol. The molecule has 1 nitrogen and oxygen atoms in total. The van der Waals surface area contributed by atoms with Crippen molar-refractivity contribution in [1.82, 2.24) is 0 Å². The second-order valence-corrected chi connectivity index (χ2v) is 9.60. The number of benzene rings is 2. The van der Waals surface area contributed by atoms with E-state index in [4.69, 9.17) is 0 Å². The minimum atomic E-state index is -0.109. The van der Waals surface area contributed by atoms with E-state index >= 15 is 0 Å². The molecule has 0 spiro atoms. The first-order chi connectivity index (χ1) is 12.9. The number of hydrogen-bond acceptors (Lipinski definition) is 1. The Morgan fingerprint density at radius 3 is 1.82 bits per heavy atom. The summed E-state index contributed by atoms with van der Waals surface area (Å²) in [5.41, 5.74) is 12.4. The van der Waals surface area contributed by atoms with Gasteiger partial charge in [0.15, 0.2) is 0 Å². The van der Waals surface area contributed by atoms with Crippen molar-refractivity contribution in [3.63, 3.8) is 0 Å². The lowest BCUT2D eigenvalue weighted by atomic mass is 9.79. The summed E-state index contributed by atoms with van der Waals surface area (Å²) in [5, 5.41) is 11.3. The van der Waals surface area contributed by atoms with Crippen LogP contribution in [-0.2, 0) is 5.41 Å². The Hall–Kier alpha value is -2.28. The minimum absolute atomic E-state index is 0.109. The van der Waals surface area contributed by atoms with Crippen molar-refractivity contribution in [2.45, 2.75) is 73.6 Å². The molecule has 1 heteroatoms. The Labute approximate surface area is 170 Å². The van der Waals surface area contributed by atoms with Gasteiger partial charge in [0.1, 0.15) is 5.75 Å². The zero-order valence-electron chi connectivity index (χ0n) is 18.9. The van der Waals surface area contributed by atoms with E-state index in [1.165, 1.54) is 39.0 Å². The van der Waals surface area contributed by atoms with Crippen molar-refractivity contribution >= 4 is 0 Å². The van der Waals surface area contributed by atoms with Crippen LogP contribution in [-0.4, -0.2) is 5.11 Å². The molecule has 0 aliphatic heterocycles. The standard InChI is InChI=1S/C27H34O/c1-15-10-11-21(22(12-15)25-19(5)17(3)18(4)20(25)6)23-13-16(2)14-24(26(23)28)27(7,8)9/h10-14,25,28H,1-9H3. The summed E-state index contributed by atoms with van der Waals surface area (Å²) in [6.45, 7) is 19.7. The number of aromatic hydroxyl groups is 1. The maximum absolute atomic E-state index is 11.3. The largest absolute Gasteiger partial charge is 0.507 e. The second-order valence-electron chi connectivity index (χ2n) is 9.60. The molecule has 2 aromatic carbocycles. The van der Waals surface area contributed by atoms with Gasteiger partial charge in [-0.15, -0.1) is 0 Å². The highest BCUT2D eigenvalue weighted by Crippen LogP contribution is 2.48. The van der Waals surface area contributed by atoms with Crippen LogP contribution >= 0.6 is 0 Å². The molecule has 148 valence electrons. The maximum atomic E-state index is 11.3. The van der Waals surface area contributed by atoms with Gasteiger partial charge < -0.3 is 5.11 Å². The van der Waals surface area contributed by atoms with Gasteiger partial charge in [0.2, 0.25) is 0 Å². The molecule has 0 fully saturated rings. The zero-order valence-corrected chi connectivity index (χ0v) is 18.9. The fourth-order valence-electron chi connectivity index (χ4n) is 4.54. The molecule has 0 radical (unpaired) electrons. The van der Waals surface area contributed by atoms with E-state index in [0.717, 1.165) is 16.7 Å². The summed E-state index contributed by atoms with van der Waals surface area (Å²) < 4.78 is 0. The summed E-state index contributed by atoms with van der Waals surface area (Å²) in [4.78, 5) is 0. The van der Waals surface area contributed by atoms with Gasteiger partial charge in [-0.25, -0.2) is 0 Å². The van der Waals surface area contributed by atoms with Crippen molar-refractivity contribution < 1.29 is 5.11 Å². The highest BCUT2D eigenvalue weighted by molar-refractivity contribution is 5.78. The average Bonchev–Trinajstić information content (AvgIpc) is 2.79. The molecule has 0 heterocycles. The van der Waals surface area contributed by atoms with E-state index in [1.807, 2.05) is 0 Å². The summed E-state index contributed by atoms with van der Waals surface area (Å²) >= 11 is 0. The van der Waals surface area contributed by atoms with Gasteiger partial charge >= 0.3 is 0 Å². The van der Waals surface area contributed by atoms with Crippen LogP contribution in [0.15, 0.2) is 52.6 Å². The van der Waals surface area contributed by atoms with E-state index < -0.39 is 0 Å². The van der Waals surface area contributed by atoms with E-state index in [2.05, 4.69) is 92.6 Å². The molecule has 0 saturated carbocycles. The Kier molecular flexibility index (Phi) is 5.08. The maximum Gasteiger partial charge on any atom is 0.127 e. The van der Waals surface area contributed by atoms with Gasteiger partial charge in [0.25, 0.3) is 0 Å². The first-order valence-corrected chi connectivity index (χ1v) is 10.2. The summed E-state index contributed by atoms with van der Waals surface area (Å²) in [5.74, 6) is 0.700. The highest BCUT2D eigenvalue weighted by atomic mass is 16.3. The third-order valence-electron chi connectivity index (χ3n) is 6.48. The van der Waals surface area contributed by atoms with Gasteiger partial charge in [-0.2, -0.15) is 0 Å². The van der Waals surface area contributed by atoms with Crippen LogP contribution in [0.2, 0.25) is 0 Å². The third kappa shape index (κ3) is 3.32.